The lowest BCUT2D eigenvalue weighted by Crippen LogP contribution is -2.39. The molecule has 1 rings (SSSR count). The lowest BCUT2D eigenvalue weighted by atomic mass is 9.83. The Hall–Kier alpha value is -2.04. The Bertz CT molecular complexity index is 437. The van der Waals surface area contributed by atoms with Gasteiger partial charge in [-0.15, -0.1) is 0 Å². The first-order valence-electron chi connectivity index (χ1n) is 5.39. The molecule has 0 aliphatic rings. The molecule has 0 saturated heterocycles. The van der Waals surface area contributed by atoms with Gasteiger partial charge in [-0.25, -0.2) is 0 Å². The van der Waals surface area contributed by atoms with Crippen LogP contribution in [0.2, 0.25) is 0 Å². The van der Waals surface area contributed by atoms with E-state index < -0.39 is 17.4 Å². The number of rotatable bonds is 5. The highest BCUT2D eigenvalue weighted by molar-refractivity contribution is 5.98. The second-order valence-electron chi connectivity index (χ2n) is 4.15. The highest BCUT2D eigenvalue weighted by atomic mass is 16.5. The molecule has 1 unspecified atom stereocenters. The molecule has 0 heterocycles. The molecule has 0 amide bonds. The minimum absolute atomic E-state index is 0.0685. The van der Waals surface area contributed by atoms with Crippen molar-refractivity contribution in [1.29, 1.82) is 0 Å². The molecular formula is C13H16O5. The fourth-order valence-electron chi connectivity index (χ4n) is 1.61. The molecule has 1 N–H and O–H groups in total. The maximum absolute atomic E-state index is 11.6. The molecule has 0 fully saturated rings. The smallest absolute Gasteiger partial charge is 0.323 e. The second kappa shape index (κ2) is 5.53. The Kier molecular flexibility index (Phi) is 4.31. The van der Waals surface area contributed by atoms with Crippen LogP contribution in [0, 0.1) is 5.41 Å². The normalized spacial score (nSPS) is 13.5. The number of hydrogen-bond acceptors (Lipinski definition) is 4. The van der Waals surface area contributed by atoms with E-state index in [1.54, 1.807) is 31.4 Å². The second-order valence-corrected chi connectivity index (χ2v) is 4.15. The maximum atomic E-state index is 11.6. The minimum Gasteiger partial charge on any atom is -0.497 e. The van der Waals surface area contributed by atoms with Gasteiger partial charge in [-0.3, -0.25) is 9.59 Å². The summed E-state index contributed by atoms with van der Waals surface area (Å²) in [6.07, 6.45) is 0.0685. The highest BCUT2D eigenvalue weighted by Gasteiger charge is 2.42. The Morgan fingerprint density at radius 3 is 2.17 bits per heavy atom. The molecule has 0 aliphatic carbocycles. The van der Waals surface area contributed by atoms with Gasteiger partial charge in [0.15, 0.2) is 5.41 Å². The predicted molar refractivity (Wildman–Crippen MR) is 64.5 cm³/mol. The van der Waals surface area contributed by atoms with Gasteiger partial charge in [0.25, 0.3) is 0 Å². The van der Waals surface area contributed by atoms with Gasteiger partial charge < -0.3 is 14.6 Å². The largest absolute Gasteiger partial charge is 0.497 e. The van der Waals surface area contributed by atoms with Gasteiger partial charge in [0.2, 0.25) is 0 Å². The first-order chi connectivity index (χ1) is 8.43. The van der Waals surface area contributed by atoms with E-state index in [9.17, 15) is 14.7 Å². The van der Waals surface area contributed by atoms with E-state index >= 15 is 0 Å². The number of hydrogen-bond donors (Lipinski definition) is 1. The molecule has 1 atom stereocenters. The SMILES string of the molecule is COC(=O)C(C)(Cc1ccc(OC)cc1)C(=O)O. The van der Waals surface area contributed by atoms with Crippen molar-refractivity contribution in [1.82, 2.24) is 0 Å². The zero-order chi connectivity index (χ0) is 13.8. The topological polar surface area (TPSA) is 72.8 Å². The van der Waals surface area contributed by atoms with E-state index in [0.29, 0.717) is 5.75 Å². The summed E-state index contributed by atoms with van der Waals surface area (Å²) in [5.74, 6) is -1.29. The van der Waals surface area contributed by atoms with Crippen LogP contribution in [0.5, 0.6) is 5.75 Å². The van der Waals surface area contributed by atoms with Crippen molar-refractivity contribution in [3.05, 3.63) is 29.8 Å². The number of benzene rings is 1. The lowest BCUT2D eigenvalue weighted by molar-refractivity contribution is -0.165. The van der Waals surface area contributed by atoms with Crippen LogP contribution < -0.4 is 4.74 Å². The third-order valence-electron chi connectivity index (χ3n) is 2.82. The van der Waals surface area contributed by atoms with Crippen molar-refractivity contribution in [2.24, 2.45) is 5.41 Å². The minimum atomic E-state index is -1.58. The number of carbonyl (C=O) groups excluding carboxylic acids is 1. The van der Waals surface area contributed by atoms with E-state index in [4.69, 9.17) is 4.74 Å². The van der Waals surface area contributed by atoms with Crippen LogP contribution in [0.1, 0.15) is 12.5 Å². The third-order valence-corrected chi connectivity index (χ3v) is 2.82. The molecular weight excluding hydrogens is 236 g/mol. The van der Waals surface area contributed by atoms with Gasteiger partial charge in [0.05, 0.1) is 14.2 Å². The van der Waals surface area contributed by atoms with Crippen LogP contribution in [0.25, 0.3) is 0 Å². The molecule has 0 saturated carbocycles. The molecule has 0 bridgehead atoms. The number of methoxy groups -OCH3 is 2. The van der Waals surface area contributed by atoms with E-state index in [2.05, 4.69) is 4.74 Å². The zero-order valence-corrected chi connectivity index (χ0v) is 10.6. The number of carbonyl (C=O) groups is 2. The van der Waals surface area contributed by atoms with E-state index in [1.165, 1.54) is 14.0 Å². The van der Waals surface area contributed by atoms with Crippen LogP contribution in [0.15, 0.2) is 24.3 Å². The molecule has 0 aromatic heterocycles. The van der Waals surface area contributed by atoms with Crippen molar-refractivity contribution in [2.45, 2.75) is 13.3 Å². The van der Waals surface area contributed by atoms with Gasteiger partial charge in [-0.2, -0.15) is 0 Å². The Morgan fingerprint density at radius 1 is 1.22 bits per heavy atom. The van der Waals surface area contributed by atoms with Crippen LogP contribution in [0.3, 0.4) is 0 Å². The monoisotopic (exact) mass is 252 g/mol. The molecule has 5 heteroatoms. The van der Waals surface area contributed by atoms with Gasteiger partial charge in [0.1, 0.15) is 5.75 Å². The summed E-state index contributed by atoms with van der Waals surface area (Å²) in [6.45, 7) is 1.35. The van der Waals surface area contributed by atoms with Crippen molar-refractivity contribution in [3.8, 4) is 5.75 Å². The fraction of sp³-hybridized carbons (Fsp3) is 0.385. The summed E-state index contributed by atoms with van der Waals surface area (Å²) in [6, 6.07) is 6.88. The van der Waals surface area contributed by atoms with E-state index in [0.717, 1.165) is 5.56 Å². The summed E-state index contributed by atoms with van der Waals surface area (Å²) < 4.78 is 9.56. The summed E-state index contributed by atoms with van der Waals surface area (Å²) in [4.78, 5) is 22.8. The van der Waals surface area contributed by atoms with Crippen LogP contribution in [-0.2, 0) is 20.7 Å². The zero-order valence-electron chi connectivity index (χ0n) is 10.6. The fourth-order valence-corrected chi connectivity index (χ4v) is 1.61. The quantitative estimate of drug-likeness (QED) is 0.635. The molecule has 1 aromatic carbocycles. The first-order valence-corrected chi connectivity index (χ1v) is 5.39. The van der Waals surface area contributed by atoms with Crippen molar-refractivity contribution < 1.29 is 24.2 Å². The molecule has 0 aliphatic heterocycles. The average Bonchev–Trinajstić information content (AvgIpc) is 2.38. The number of aliphatic carboxylic acids is 1. The van der Waals surface area contributed by atoms with Crippen LogP contribution in [-0.4, -0.2) is 31.3 Å². The number of carboxylic acids is 1. The molecule has 98 valence electrons. The first kappa shape index (κ1) is 14.0. The molecule has 0 spiro atoms. The van der Waals surface area contributed by atoms with Gasteiger partial charge in [-0.05, 0) is 31.0 Å². The molecule has 18 heavy (non-hydrogen) atoms. The number of carboxylic acid groups (broad SMARTS) is 1. The number of esters is 1. The summed E-state index contributed by atoms with van der Waals surface area (Å²) in [5, 5.41) is 9.17. The summed E-state index contributed by atoms with van der Waals surface area (Å²) in [5.41, 5.74) is -0.852. The van der Waals surface area contributed by atoms with Crippen molar-refractivity contribution >= 4 is 11.9 Å². The lowest BCUT2D eigenvalue weighted by Gasteiger charge is -2.21. The standard InChI is InChI=1S/C13H16O5/c1-13(11(14)15,12(16)18-3)8-9-4-6-10(17-2)7-5-9/h4-7H,8H2,1-3H3,(H,14,15). The summed E-state index contributed by atoms with van der Waals surface area (Å²) in [7, 11) is 2.72. The number of ether oxygens (including phenoxy) is 2. The van der Waals surface area contributed by atoms with E-state index in [-0.39, 0.29) is 6.42 Å². The molecule has 1 aromatic rings. The molecule has 5 nitrogen and oxygen atoms in total. The van der Waals surface area contributed by atoms with Gasteiger partial charge in [0, 0.05) is 0 Å². The molecule has 0 radical (unpaired) electrons. The highest BCUT2D eigenvalue weighted by Crippen LogP contribution is 2.25. The Labute approximate surface area is 105 Å². The summed E-state index contributed by atoms with van der Waals surface area (Å²) >= 11 is 0. The maximum Gasteiger partial charge on any atom is 0.323 e. The Balaban J connectivity index is 2.96. The van der Waals surface area contributed by atoms with E-state index in [1.807, 2.05) is 0 Å². The van der Waals surface area contributed by atoms with Gasteiger partial charge in [-0.1, -0.05) is 12.1 Å². The van der Waals surface area contributed by atoms with Gasteiger partial charge >= 0.3 is 11.9 Å². The average molecular weight is 252 g/mol. The van der Waals surface area contributed by atoms with Crippen molar-refractivity contribution in [3.63, 3.8) is 0 Å². The Morgan fingerprint density at radius 2 is 1.78 bits per heavy atom. The van der Waals surface area contributed by atoms with Crippen molar-refractivity contribution in [2.75, 3.05) is 14.2 Å². The third kappa shape index (κ3) is 2.80. The van der Waals surface area contributed by atoms with Crippen LogP contribution in [0.4, 0.5) is 0 Å². The van der Waals surface area contributed by atoms with Crippen LogP contribution >= 0.6 is 0 Å². The predicted octanol–water partition coefficient (Wildman–Crippen LogP) is 1.50.